The van der Waals surface area contributed by atoms with Crippen LogP contribution < -0.4 is 10.4 Å². The molecule has 4 nitrogen and oxygen atoms in total. The highest BCUT2D eigenvalue weighted by atomic mass is 28.3. The minimum Gasteiger partial charge on any atom is -0.392 e. The van der Waals surface area contributed by atoms with Crippen molar-refractivity contribution in [3.8, 4) is 23.5 Å². The zero-order valence-corrected chi connectivity index (χ0v) is 24.5. The number of benzene rings is 2. The molecule has 192 valence electrons. The van der Waals surface area contributed by atoms with Gasteiger partial charge in [-0.15, -0.1) is 11.8 Å². The lowest BCUT2D eigenvalue weighted by molar-refractivity contribution is 0.00578. The summed E-state index contributed by atoms with van der Waals surface area (Å²) in [6.45, 7) is 16.4. The van der Waals surface area contributed by atoms with E-state index in [-0.39, 0.29) is 0 Å². The molecule has 2 fully saturated rings. The van der Waals surface area contributed by atoms with Crippen LogP contribution in [0.1, 0.15) is 55.4 Å². The highest BCUT2D eigenvalue weighted by Gasteiger charge is 2.52. The molecule has 0 bridgehead atoms. The molecule has 2 aliphatic heterocycles. The highest BCUT2D eigenvalue weighted by molar-refractivity contribution is 7.03. The van der Waals surface area contributed by atoms with E-state index in [4.69, 9.17) is 18.6 Å². The molecule has 0 atom stereocenters. The molecule has 0 aliphatic carbocycles. The molecule has 0 aromatic heterocycles. The summed E-state index contributed by atoms with van der Waals surface area (Å²) in [5, 5.41) is 2.60. The van der Waals surface area contributed by atoms with Crippen LogP contribution in [0.5, 0.6) is 0 Å². The molecule has 0 saturated carbocycles. The summed E-state index contributed by atoms with van der Waals surface area (Å²) in [4.78, 5) is 0. The molecule has 2 aromatic rings. The van der Waals surface area contributed by atoms with Gasteiger partial charge in [-0.2, -0.15) is 0 Å². The molecule has 37 heavy (non-hydrogen) atoms. The molecule has 7 heteroatoms. The summed E-state index contributed by atoms with van der Waals surface area (Å²) < 4.78 is 24.5. The van der Waals surface area contributed by atoms with Crippen LogP contribution in [-0.2, 0) is 18.6 Å². The van der Waals surface area contributed by atoms with E-state index in [0.717, 1.165) is 0 Å². The Bertz CT molecular complexity index is 1090. The van der Waals surface area contributed by atoms with Crippen LogP contribution in [0.3, 0.4) is 0 Å². The first-order valence-electron chi connectivity index (χ1n) is 13.1. The average molecular weight is 512 g/mol. The largest absolute Gasteiger partial charge is 0.551 e. The third-order valence-corrected chi connectivity index (χ3v) is 12.8. The van der Waals surface area contributed by atoms with Crippen molar-refractivity contribution >= 4 is 32.7 Å². The summed E-state index contributed by atoms with van der Waals surface area (Å²) in [6.07, 6.45) is 0. The van der Waals surface area contributed by atoms with Crippen LogP contribution in [0.25, 0.3) is 0 Å². The van der Waals surface area contributed by atoms with Gasteiger partial charge in [-0.05, 0) is 55.4 Å². The fourth-order valence-corrected chi connectivity index (χ4v) is 8.27. The van der Waals surface area contributed by atoms with Gasteiger partial charge in [0.05, 0.1) is 22.4 Å². The lowest BCUT2D eigenvalue weighted by atomic mass is 9.90. The Morgan fingerprint density at radius 1 is 0.541 bits per heavy atom. The van der Waals surface area contributed by atoms with Crippen molar-refractivity contribution in [3.05, 3.63) is 60.7 Å². The Morgan fingerprint density at radius 3 is 1.14 bits per heavy atom. The van der Waals surface area contributed by atoms with Gasteiger partial charge in [0.1, 0.15) is 8.07 Å². The van der Waals surface area contributed by atoms with Gasteiger partial charge in [0, 0.05) is 12.1 Å². The second-order valence-electron chi connectivity index (χ2n) is 12.0. The van der Waals surface area contributed by atoms with E-state index in [0.29, 0.717) is 12.1 Å². The molecule has 2 saturated heterocycles. The standard InChI is InChI=1S/C30H38B2O4Si/c1-27(2)28(3,4)34-31(33-27)21-15-23-37(25-17-11-9-12-18-25,26-19-13-10-14-20-26)24-16-22-32-35-29(5,6)30(7,8)36-32/h9-14,17-20H,23-24H2,1-8H3. The predicted octanol–water partition coefficient (Wildman–Crippen LogP) is 4.52. The van der Waals surface area contributed by atoms with Crippen molar-refractivity contribution in [1.29, 1.82) is 0 Å². The molecular formula is C30H38B2O4Si. The van der Waals surface area contributed by atoms with Crippen molar-refractivity contribution in [3.63, 3.8) is 0 Å². The summed E-state index contributed by atoms with van der Waals surface area (Å²) >= 11 is 0. The Labute approximate surface area is 225 Å². The Hall–Kier alpha value is -2.25. The third kappa shape index (κ3) is 5.63. The zero-order valence-electron chi connectivity index (χ0n) is 23.5. The van der Waals surface area contributed by atoms with E-state index in [9.17, 15) is 0 Å². The Kier molecular flexibility index (Phi) is 7.61. The normalized spacial score (nSPS) is 21.1. The second-order valence-corrected chi connectivity index (χ2v) is 16.0. The van der Waals surface area contributed by atoms with Gasteiger partial charge in [0.25, 0.3) is 0 Å². The van der Waals surface area contributed by atoms with Crippen LogP contribution in [0.4, 0.5) is 0 Å². The first-order valence-corrected chi connectivity index (χ1v) is 15.5. The predicted molar refractivity (Wildman–Crippen MR) is 155 cm³/mol. The minimum absolute atomic E-state index is 0.409. The van der Waals surface area contributed by atoms with Gasteiger partial charge >= 0.3 is 14.2 Å². The quantitative estimate of drug-likeness (QED) is 0.446. The minimum atomic E-state index is -2.40. The van der Waals surface area contributed by atoms with E-state index >= 15 is 0 Å². The number of hydrogen-bond acceptors (Lipinski definition) is 4. The molecule has 0 unspecified atom stereocenters. The van der Waals surface area contributed by atoms with Crippen LogP contribution in [0.15, 0.2) is 60.7 Å². The smallest absolute Gasteiger partial charge is 0.392 e. The molecular weight excluding hydrogens is 474 g/mol. The van der Waals surface area contributed by atoms with E-state index in [1.54, 1.807) is 0 Å². The van der Waals surface area contributed by atoms with Crippen LogP contribution >= 0.6 is 0 Å². The van der Waals surface area contributed by atoms with E-state index < -0.39 is 44.7 Å². The molecule has 0 spiro atoms. The van der Waals surface area contributed by atoms with Crippen molar-refractivity contribution in [2.24, 2.45) is 0 Å². The highest BCUT2D eigenvalue weighted by Crippen LogP contribution is 2.37. The molecule has 2 aliphatic rings. The molecule has 0 radical (unpaired) electrons. The first-order chi connectivity index (χ1) is 17.3. The fraction of sp³-hybridized carbons (Fsp3) is 0.467. The molecule has 2 heterocycles. The van der Waals surface area contributed by atoms with Gasteiger partial charge in [0.2, 0.25) is 0 Å². The van der Waals surface area contributed by atoms with E-state index in [2.05, 4.69) is 84.1 Å². The average Bonchev–Trinajstić information content (AvgIpc) is 3.17. The number of hydrogen-bond donors (Lipinski definition) is 0. The van der Waals surface area contributed by atoms with Gasteiger partial charge in [0.15, 0.2) is 0 Å². The topological polar surface area (TPSA) is 36.9 Å². The third-order valence-electron chi connectivity index (χ3n) is 8.38. The summed E-state index contributed by atoms with van der Waals surface area (Å²) in [6, 6.07) is 22.8. The molecule has 0 amide bonds. The fourth-order valence-electron chi connectivity index (χ4n) is 4.53. The van der Waals surface area contributed by atoms with Crippen LogP contribution in [0.2, 0.25) is 12.1 Å². The molecule has 4 rings (SSSR count). The summed E-state index contributed by atoms with van der Waals surface area (Å²) in [5.41, 5.74) is -1.63. The Balaban J connectivity index is 1.68. The van der Waals surface area contributed by atoms with E-state index in [1.165, 1.54) is 10.4 Å². The van der Waals surface area contributed by atoms with Gasteiger partial charge in [-0.1, -0.05) is 82.7 Å². The van der Waals surface area contributed by atoms with Gasteiger partial charge < -0.3 is 18.6 Å². The van der Waals surface area contributed by atoms with Crippen LogP contribution in [0, 0.1) is 23.5 Å². The maximum absolute atomic E-state index is 6.14. The molecule has 0 N–H and O–H groups in total. The molecule has 2 aromatic carbocycles. The summed E-state index contributed by atoms with van der Waals surface area (Å²) in [7, 11) is -3.49. The van der Waals surface area contributed by atoms with Gasteiger partial charge in [-0.3, -0.25) is 0 Å². The Morgan fingerprint density at radius 2 is 0.838 bits per heavy atom. The van der Waals surface area contributed by atoms with Crippen LogP contribution in [-0.4, -0.2) is 44.7 Å². The van der Waals surface area contributed by atoms with Crippen molar-refractivity contribution in [2.45, 2.75) is 89.9 Å². The van der Waals surface area contributed by atoms with E-state index in [1.807, 2.05) is 55.4 Å². The lowest BCUT2D eigenvalue weighted by Gasteiger charge is -2.32. The SMILES string of the molecule is CC1(C)OB(C#CC[Si](CC#CB2OC(C)(C)C(C)(C)O2)(c2ccccc2)c2ccccc2)OC1(C)C. The maximum Gasteiger partial charge on any atom is 0.551 e. The van der Waals surface area contributed by atoms with Crippen molar-refractivity contribution in [2.75, 3.05) is 0 Å². The lowest BCUT2D eigenvalue weighted by Crippen LogP contribution is -2.57. The summed E-state index contributed by atoms with van der Waals surface area (Å²) in [5.74, 6) is 13.5. The second kappa shape index (κ2) is 10.1. The zero-order chi connectivity index (χ0) is 27.0. The first kappa shape index (κ1) is 27.8. The maximum atomic E-state index is 6.14. The van der Waals surface area contributed by atoms with Gasteiger partial charge in [-0.25, -0.2) is 0 Å². The monoisotopic (exact) mass is 512 g/mol. The number of rotatable bonds is 4. The van der Waals surface area contributed by atoms with Crippen molar-refractivity contribution < 1.29 is 18.6 Å². The van der Waals surface area contributed by atoms with Crippen molar-refractivity contribution in [1.82, 2.24) is 0 Å².